The zero-order chi connectivity index (χ0) is 25.8. The lowest BCUT2D eigenvalue weighted by molar-refractivity contribution is -0.145. The third-order valence-corrected chi connectivity index (χ3v) is 5.81. The standard InChI is InChI=1S/C28H34O8/c1-3-32-26(30)13-15-28(16-14-27(31)33-4-2)20-24(29)23-12-11-22(19-25(23)36-28)35-18-8-17-34-21-9-6-5-7-10-21/h5-7,9-12,19H,3-4,8,13-18,20H2,1-2H3. The van der Waals surface area contributed by atoms with Crippen LogP contribution < -0.4 is 14.2 Å². The van der Waals surface area contributed by atoms with E-state index in [0.29, 0.717) is 36.7 Å². The summed E-state index contributed by atoms with van der Waals surface area (Å²) in [5.41, 5.74) is -0.552. The lowest BCUT2D eigenvalue weighted by Crippen LogP contribution is -2.43. The molecule has 0 aliphatic carbocycles. The number of carbonyl (C=O) groups excluding carboxylic acids is 3. The van der Waals surface area contributed by atoms with Gasteiger partial charge in [-0.05, 0) is 51.0 Å². The van der Waals surface area contributed by atoms with E-state index in [2.05, 4.69) is 0 Å². The van der Waals surface area contributed by atoms with E-state index in [9.17, 15) is 14.4 Å². The van der Waals surface area contributed by atoms with Gasteiger partial charge in [0.15, 0.2) is 5.78 Å². The van der Waals surface area contributed by atoms with Gasteiger partial charge in [0.2, 0.25) is 0 Å². The highest BCUT2D eigenvalue weighted by molar-refractivity contribution is 6.00. The summed E-state index contributed by atoms with van der Waals surface area (Å²) in [5, 5.41) is 0. The van der Waals surface area contributed by atoms with Gasteiger partial charge in [-0.15, -0.1) is 0 Å². The van der Waals surface area contributed by atoms with Gasteiger partial charge < -0.3 is 23.7 Å². The zero-order valence-corrected chi connectivity index (χ0v) is 21.0. The molecule has 0 atom stereocenters. The monoisotopic (exact) mass is 498 g/mol. The molecule has 194 valence electrons. The Kier molecular flexibility index (Phi) is 10.2. The molecular formula is C28H34O8. The first kappa shape index (κ1) is 27.0. The van der Waals surface area contributed by atoms with Crippen molar-refractivity contribution in [3.05, 3.63) is 54.1 Å². The van der Waals surface area contributed by atoms with E-state index in [1.165, 1.54) is 0 Å². The normalized spacial score (nSPS) is 13.8. The molecule has 2 aromatic rings. The molecule has 36 heavy (non-hydrogen) atoms. The third kappa shape index (κ3) is 8.00. The van der Waals surface area contributed by atoms with E-state index in [1.54, 1.807) is 32.0 Å². The summed E-state index contributed by atoms with van der Waals surface area (Å²) in [4.78, 5) is 37.1. The lowest BCUT2D eigenvalue weighted by Gasteiger charge is -2.38. The Labute approximate surface area is 211 Å². The number of ether oxygens (including phenoxy) is 5. The molecule has 3 rings (SSSR count). The SMILES string of the molecule is CCOC(=O)CCC1(CCC(=O)OCC)CC(=O)c2ccc(OCCCOc3ccccc3)cc2O1. The van der Waals surface area contributed by atoms with Crippen LogP contribution in [-0.4, -0.2) is 49.8 Å². The highest BCUT2D eigenvalue weighted by Crippen LogP contribution is 2.40. The van der Waals surface area contributed by atoms with E-state index >= 15 is 0 Å². The van der Waals surface area contributed by atoms with Crippen LogP contribution in [0.25, 0.3) is 0 Å². The average Bonchev–Trinajstić information content (AvgIpc) is 2.87. The van der Waals surface area contributed by atoms with Crippen LogP contribution in [0.3, 0.4) is 0 Å². The van der Waals surface area contributed by atoms with Crippen molar-refractivity contribution in [1.29, 1.82) is 0 Å². The topological polar surface area (TPSA) is 97.4 Å². The molecule has 0 spiro atoms. The van der Waals surface area contributed by atoms with Crippen molar-refractivity contribution >= 4 is 17.7 Å². The summed E-state index contributed by atoms with van der Waals surface area (Å²) in [6, 6.07) is 14.7. The summed E-state index contributed by atoms with van der Waals surface area (Å²) < 4.78 is 28.0. The predicted octanol–water partition coefficient (Wildman–Crippen LogP) is 4.93. The van der Waals surface area contributed by atoms with Crippen molar-refractivity contribution in [2.75, 3.05) is 26.4 Å². The molecule has 0 saturated heterocycles. The zero-order valence-electron chi connectivity index (χ0n) is 21.0. The maximum absolute atomic E-state index is 13.0. The van der Waals surface area contributed by atoms with Gasteiger partial charge in [0.25, 0.3) is 0 Å². The third-order valence-electron chi connectivity index (χ3n) is 5.81. The van der Waals surface area contributed by atoms with Crippen LogP contribution in [0, 0.1) is 0 Å². The van der Waals surface area contributed by atoms with Gasteiger partial charge in [-0.3, -0.25) is 14.4 Å². The van der Waals surface area contributed by atoms with Gasteiger partial charge in [-0.2, -0.15) is 0 Å². The van der Waals surface area contributed by atoms with Crippen LogP contribution >= 0.6 is 0 Å². The number of benzene rings is 2. The maximum atomic E-state index is 13.0. The molecule has 0 unspecified atom stereocenters. The second kappa shape index (κ2) is 13.5. The largest absolute Gasteiger partial charge is 0.493 e. The summed E-state index contributed by atoms with van der Waals surface area (Å²) in [5.74, 6) is 0.908. The molecule has 0 N–H and O–H groups in total. The minimum atomic E-state index is -1.01. The van der Waals surface area contributed by atoms with Gasteiger partial charge in [-0.25, -0.2) is 0 Å². The molecule has 0 aromatic heterocycles. The van der Waals surface area contributed by atoms with Crippen molar-refractivity contribution in [2.45, 2.75) is 58.0 Å². The summed E-state index contributed by atoms with van der Waals surface area (Å²) in [7, 11) is 0. The quantitative estimate of drug-likeness (QED) is 0.267. The maximum Gasteiger partial charge on any atom is 0.305 e. The molecule has 1 aliphatic rings. The van der Waals surface area contributed by atoms with Crippen molar-refractivity contribution in [3.63, 3.8) is 0 Å². The van der Waals surface area contributed by atoms with Gasteiger partial charge in [0.1, 0.15) is 22.8 Å². The smallest absolute Gasteiger partial charge is 0.305 e. The number of carbonyl (C=O) groups is 3. The van der Waals surface area contributed by atoms with Crippen molar-refractivity contribution < 1.29 is 38.1 Å². The minimum absolute atomic E-state index is 0.0653. The average molecular weight is 499 g/mol. The Morgan fingerprint density at radius 2 is 1.47 bits per heavy atom. The molecule has 0 saturated carbocycles. The second-order valence-electron chi connectivity index (χ2n) is 8.52. The summed E-state index contributed by atoms with van der Waals surface area (Å²) >= 11 is 0. The highest BCUT2D eigenvalue weighted by Gasteiger charge is 2.41. The molecule has 8 heteroatoms. The second-order valence-corrected chi connectivity index (χ2v) is 8.52. The van der Waals surface area contributed by atoms with Gasteiger partial charge in [0, 0.05) is 25.3 Å². The summed E-state index contributed by atoms with van der Waals surface area (Å²) in [6.07, 6.45) is 1.40. The Balaban J connectivity index is 1.64. The number of para-hydroxylation sites is 1. The highest BCUT2D eigenvalue weighted by atomic mass is 16.5. The van der Waals surface area contributed by atoms with Crippen LogP contribution in [0.2, 0.25) is 0 Å². The lowest BCUT2D eigenvalue weighted by atomic mass is 9.82. The number of rotatable bonds is 14. The van der Waals surface area contributed by atoms with Crippen LogP contribution in [0.5, 0.6) is 17.2 Å². The number of Topliss-reactive ketones (excluding diaryl/α,β-unsaturated/α-hetero) is 1. The Morgan fingerprint density at radius 1 is 0.861 bits per heavy atom. The van der Waals surface area contributed by atoms with Crippen molar-refractivity contribution in [1.82, 2.24) is 0 Å². The van der Waals surface area contributed by atoms with Crippen molar-refractivity contribution in [2.24, 2.45) is 0 Å². The van der Waals surface area contributed by atoms with E-state index < -0.39 is 5.60 Å². The minimum Gasteiger partial charge on any atom is -0.493 e. The summed E-state index contributed by atoms with van der Waals surface area (Å²) in [6.45, 7) is 4.95. The Morgan fingerprint density at radius 3 is 2.08 bits per heavy atom. The molecule has 0 fully saturated rings. The van der Waals surface area contributed by atoms with Crippen LogP contribution in [0.15, 0.2) is 48.5 Å². The van der Waals surface area contributed by atoms with Crippen LogP contribution in [0.1, 0.15) is 62.7 Å². The Bertz CT molecular complexity index is 995. The first-order valence-corrected chi connectivity index (χ1v) is 12.4. The fourth-order valence-corrected chi connectivity index (χ4v) is 4.05. The first-order chi connectivity index (χ1) is 17.4. The molecule has 0 bridgehead atoms. The number of esters is 2. The van der Waals surface area contributed by atoms with E-state index in [1.807, 2.05) is 30.3 Å². The number of hydrogen-bond acceptors (Lipinski definition) is 8. The fraction of sp³-hybridized carbons (Fsp3) is 0.464. The van der Waals surface area contributed by atoms with Crippen LogP contribution in [-0.2, 0) is 19.1 Å². The van der Waals surface area contributed by atoms with Gasteiger partial charge >= 0.3 is 11.9 Å². The molecular weight excluding hydrogens is 464 g/mol. The number of hydrogen-bond donors (Lipinski definition) is 0. The molecule has 1 aliphatic heterocycles. The number of ketones is 1. The predicted molar refractivity (Wildman–Crippen MR) is 133 cm³/mol. The van der Waals surface area contributed by atoms with Gasteiger partial charge in [-0.1, -0.05) is 18.2 Å². The van der Waals surface area contributed by atoms with Crippen molar-refractivity contribution in [3.8, 4) is 17.2 Å². The molecule has 2 aromatic carbocycles. The first-order valence-electron chi connectivity index (χ1n) is 12.4. The van der Waals surface area contributed by atoms with E-state index in [-0.39, 0.29) is 63.0 Å². The molecule has 0 amide bonds. The fourth-order valence-electron chi connectivity index (χ4n) is 4.05. The van der Waals surface area contributed by atoms with E-state index in [0.717, 1.165) is 5.75 Å². The molecule has 0 radical (unpaired) electrons. The van der Waals surface area contributed by atoms with E-state index in [4.69, 9.17) is 23.7 Å². The Hall–Kier alpha value is -3.55. The molecule has 8 nitrogen and oxygen atoms in total. The number of fused-ring (bicyclic) bond motifs is 1. The molecule has 1 heterocycles. The van der Waals surface area contributed by atoms with Gasteiger partial charge in [0.05, 0.1) is 38.4 Å². The van der Waals surface area contributed by atoms with Crippen LogP contribution in [0.4, 0.5) is 0 Å².